The molecule has 8 nitrogen and oxygen atoms in total. The lowest BCUT2D eigenvalue weighted by Gasteiger charge is -2.28. The van der Waals surface area contributed by atoms with Crippen LogP contribution in [0.15, 0.2) is 58.3 Å². The maximum absolute atomic E-state index is 13.3. The van der Waals surface area contributed by atoms with Gasteiger partial charge in [-0.3, -0.25) is 9.36 Å². The van der Waals surface area contributed by atoms with Crippen molar-refractivity contribution in [1.29, 1.82) is 0 Å². The average molecular weight is 489 g/mol. The van der Waals surface area contributed by atoms with E-state index in [-0.39, 0.29) is 29.2 Å². The Hall–Kier alpha value is -2.59. The molecule has 1 amide bonds. The predicted molar refractivity (Wildman–Crippen MR) is 127 cm³/mol. The quantitative estimate of drug-likeness (QED) is 0.425. The highest BCUT2D eigenvalue weighted by Gasteiger charge is 2.34. The molecule has 1 aliphatic heterocycles. The van der Waals surface area contributed by atoms with Crippen molar-refractivity contribution in [2.75, 3.05) is 17.3 Å². The molecule has 0 radical (unpaired) electrons. The summed E-state index contributed by atoms with van der Waals surface area (Å²) in [4.78, 5) is 15.0. The van der Waals surface area contributed by atoms with Crippen LogP contribution < -0.4 is 0 Å². The topological polar surface area (TPSA) is 98.3 Å². The predicted octanol–water partition coefficient (Wildman–Crippen LogP) is 3.50. The standard InChI is InChI=1S/C23H28N4O4S2/c1-17(2)13-27-22(20-9-6-11-31-20)24-25-23(27)32-15-21(28)26(14-18-7-4-3-5-8-18)19-10-12-33(29,30)16-19/h3-9,11,17,19H,10,12-16H2,1-2H3/t19-/m0/s1. The number of carbonyl (C=O) groups excluding carboxylic acids is 1. The van der Waals surface area contributed by atoms with Crippen LogP contribution >= 0.6 is 11.8 Å². The van der Waals surface area contributed by atoms with E-state index in [0.717, 1.165) is 5.56 Å². The van der Waals surface area contributed by atoms with E-state index in [2.05, 4.69) is 24.0 Å². The fourth-order valence-corrected chi connectivity index (χ4v) is 6.51. The second-order valence-corrected chi connectivity index (χ2v) is 11.8. The largest absolute Gasteiger partial charge is 0.461 e. The molecule has 10 heteroatoms. The lowest BCUT2D eigenvalue weighted by molar-refractivity contribution is -0.130. The minimum Gasteiger partial charge on any atom is -0.461 e. The Balaban J connectivity index is 1.52. The van der Waals surface area contributed by atoms with Crippen molar-refractivity contribution >= 4 is 27.5 Å². The molecule has 0 saturated carbocycles. The van der Waals surface area contributed by atoms with Crippen molar-refractivity contribution < 1.29 is 17.6 Å². The van der Waals surface area contributed by atoms with E-state index < -0.39 is 9.84 Å². The van der Waals surface area contributed by atoms with Gasteiger partial charge in [0.05, 0.1) is 23.5 Å². The van der Waals surface area contributed by atoms with Gasteiger partial charge < -0.3 is 9.32 Å². The summed E-state index contributed by atoms with van der Waals surface area (Å²) in [5, 5.41) is 9.24. The monoisotopic (exact) mass is 488 g/mol. The highest BCUT2D eigenvalue weighted by atomic mass is 32.2. The molecule has 1 aliphatic rings. The van der Waals surface area contributed by atoms with Crippen LogP contribution in [0.1, 0.15) is 25.8 Å². The van der Waals surface area contributed by atoms with Crippen molar-refractivity contribution in [1.82, 2.24) is 19.7 Å². The van der Waals surface area contributed by atoms with Crippen LogP contribution in [0, 0.1) is 5.92 Å². The Morgan fingerprint density at radius 1 is 1.21 bits per heavy atom. The third-order valence-electron chi connectivity index (χ3n) is 5.50. The van der Waals surface area contributed by atoms with Crippen LogP contribution in [-0.2, 0) is 27.7 Å². The molecule has 1 aromatic carbocycles. The molecule has 0 N–H and O–H groups in total. The fraction of sp³-hybridized carbons (Fsp3) is 0.435. The van der Waals surface area contributed by atoms with Gasteiger partial charge in [-0.1, -0.05) is 55.9 Å². The van der Waals surface area contributed by atoms with Gasteiger partial charge in [-0.05, 0) is 30.0 Å². The molecule has 176 valence electrons. The third-order valence-corrected chi connectivity index (χ3v) is 8.20. The molecule has 0 spiro atoms. The summed E-state index contributed by atoms with van der Waals surface area (Å²) in [7, 11) is -3.11. The summed E-state index contributed by atoms with van der Waals surface area (Å²) in [5.74, 6) is 1.79. The maximum Gasteiger partial charge on any atom is 0.233 e. The summed E-state index contributed by atoms with van der Waals surface area (Å²) in [5.41, 5.74) is 0.975. The number of rotatable bonds is 9. The molecule has 0 aliphatic carbocycles. The van der Waals surface area contributed by atoms with Crippen LogP contribution in [0.4, 0.5) is 0 Å². The molecule has 0 unspecified atom stereocenters. The zero-order chi connectivity index (χ0) is 23.4. The van der Waals surface area contributed by atoms with Crippen molar-refractivity contribution in [2.45, 2.75) is 44.6 Å². The fourth-order valence-electron chi connectivity index (χ4n) is 3.94. The summed E-state index contributed by atoms with van der Waals surface area (Å²) in [6, 6.07) is 13.0. The molecule has 3 heterocycles. The van der Waals surface area contributed by atoms with Gasteiger partial charge in [0.25, 0.3) is 0 Å². The van der Waals surface area contributed by atoms with Gasteiger partial charge in [0.1, 0.15) is 0 Å². The Morgan fingerprint density at radius 2 is 2.00 bits per heavy atom. The number of carbonyl (C=O) groups is 1. The average Bonchev–Trinajstić information content (AvgIpc) is 3.51. The van der Waals surface area contributed by atoms with E-state index in [4.69, 9.17) is 4.42 Å². The number of thioether (sulfide) groups is 1. The summed E-state index contributed by atoms with van der Waals surface area (Å²) < 4.78 is 31.7. The van der Waals surface area contributed by atoms with Gasteiger partial charge in [0, 0.05) is 19.1 Å². The van der Waals surface area contributed by atoms with Gasteiger partial charge >= 0.3 is 0 Å². The van der Waals surface area contributed by atoms with Crippen LogP contribution in [0.2, 0.25) is 0 Å². The first kappa shape index (κ1) is 23.6. The number of sulfone groups is 1. The van der Waals surface area contributed by atoms with Crippen LogP contribution in [0.5, 0.6) is 0 Å². The second-order valence-electron chi connectivity index (χ2n) is 8.64. The Kier molecular flexibility index (Phi) is 7.23. The summed E-state index contributed by atoms with van der Waals surface area (Å²) >= 11 is 1.32. The third kappa shape index (κ3) is 5.86. The van der Waals surface area contributed by atoms with Gasteiger partial charge in [0.15, 0.2) is 26.6 Å². The van der Waals surface area contributed by atoms with Gasteiger partial charge in [0.2, 0.25) is 5.91 Å². The molecular weight excluding hydrogens is 460 g/mol. The minimum absolute atomic E-state index is 0.0163. The molecule has 3 aromatic rings. The van der Waals surface area contributed by atoms with Crippen molar-refractivity contribution in [3.8, 4) is 11.6 Å². The smallest absolute Gasteiger partial charge is 0.233 e. The van der Waals surface area contributed by atoms with Crippen molar-refractivity contribution in [3.63, 3.8) is 0 Å². The lowest BCUT2D eigenvalue weighted by Crippen LogP contribution is -2.41. The molecule has 2 aromatic heterocycles. The Morgan fingerprint density at radius 3 is 2.64 bits per heavy atom. The van der Waals surface area contributed by atoms with E-state index in [1.807, 2.05) is 41.0 Å². The second kappa shape index (κ2) is 10.1. The zero-order valence-corrected chi connectivity index (χ0v) is 20.4. The Bertz CT molecular complexity index is 1170. The number of aromatic nitrogens is 3. The van der Waals surface area contributed by atoms with Crippen molar-refractivity contribution in [2.24, 2.45) is 5.92 Å². The van der Waals surface area contributed by atoms with Gasteiger partial charge in [-0.2, -0.15) is 0 Å². The van der Waals surface area contributed by atoms with Crippen LogP contribution in [0.25, 0.3) is 11.6 Å². The van der Waals surface area contributed by atoms with Gasteiger partial charge in [-0.25, -0.2) is 8.42 Å². The van der Waals surface area contributed by atoms with Gasteiger partial charge in [-0.15, -0.1) is 10.2 Å². The Labute approximate surface area is 198 Å². The van der Waals surface area contributed by atoms with E-state index in [1.165, 1.54) is 11.8 Å². The highest BCUT2D eigenvalue weighted by molar-refractivity contribution is 7.99. The number of amides is 1. The molecular formula is C23H28N4O4S2. The zero-order valence-electron chi connectivity index (χ0n) is 18.8. The van der Waals surface area contributed by atoms with Crippen LogP contribution in [-0.4, -0.2) is 57.3 Å². The van der Waals surface area contributed by atoms with E-state index in [1.54, 1.807) is 17.2 Å². The van der Waals surface area contributed by atoms with E-state index >= 15 is 0 Å². The molecule has 1 fully saturated rings. The minimum atomic E-state index is -3.11. The highest BCUT2D eigenvalue weighted by Crippen LogP contribution is 2.27. The summed E-state index contributed by atoms with van der Waals surface area (Å²) in [6.07, 6.45) is 2.06. The van der Waals surface area contributed by atoms with E-state index in [0.29, 0.717) is 42.2 Å². The number of hydrogen-bond acceptors (Lipinski definition) is 7. The number of hydrogen-bond donors (Lipinski definition) is 0. The first-order valence-corrected chi connectivity index (χ1v) is 13.8. The molecule has 1 saturated heterocycles. The summed E-state index contributed by atoms with van der Waals surface area (Å²) in [6.45, 7) is 5.28. The SMILES string of the molecule is CC(C)Cn1c(SCC(=O)N(Cc2ccccc2)[C@H]2CCS(=O)(=O)C2)nnc1-c1ccco1. The molecule has 33 heavy (non-hydrogen) atoms. The molecule has 4 rings (SSSR count). The number of benzene rings is 1. The number of nitrogens with zero attached hydrogens (tertiary/aromatic N) is 4. The van der Waals surface area contributed by atoms with Crippen LogP contribution in [0.3, 0.4) is 0 Å². The lowest BCUT2D eigenvalue weighted by atomic mass is 10.1. The van der Waals surface area contributed by atoms with Crippen molar-refractivity contribution in [3.05, 3.63) is 54.3 Å². The normalized spacial score (nSPS) is 17.5. The molecule has 1 atom stereocenters. The first-order valence-electron chi connectivity index (χ1n) is 11.0. The molecule has 0 bridgehead atoms. The first-order chi connectivity index (χ1) is 15.8. The maximum atomic E-state index is 13.3. The van der Waals surface area contributed by atoms with E-state index in [9.17, 15) is 13.2 Å². The number of furan rings is 1.